The summed E-state index contributed by atoms with van der Waals surface area (Å²) in [7, 11) is 1.59. The van der Waals surface area contributed by atoms with Crippen LogP contribution >= 0.6 is 23.2 Å². The summed E-state index contributed by atoms with van der Waals surface area (Å²) in [5.74, 6) is 3.73. The summed E-state index contributed by atoms with van der Waals surface area (Å²) in [6, 6.07) is 27.7. The molecule has 0 aromatic heterocycles. The fraction of sp³-hybridized carbons (Fsp3) is 0.188. The highest BCUT2D eigenvalue weighted by atomic mass is 35.5. The minimum atomic E-state index is 0.367. The summed E-state index contributed by atoms with van der Waals surface area (Å²) in [6.07, 6.45) is 1.05. The van der Waals surface area contributed by atoms with Crippen molar-refractivity contribution in [1.29, 1.82) is 10.5 Å². The van der Waals surface area contributed by atoms with Gasteiger partial charge in [0.05, 0.1) is 28.3 Å². The van der Waals surface area contributed by atoms with Gasteiger partial charge in [-0.1, -0.05) is 61.3 Å². The first-order valence-corrected chi connectivity index (χ1v) is 13.0. The van der Waals surface area contributed by atoms with Gasteiger partial charge in [-0.05, 0) is 72.9 Å². The Bertz CT molecular complexity index is 1520. The van der Waals surface area contributed by atoms with Crippen LogP contribution in [0.5, 0.6) is 28.7 Å². The van der Waals surface area contributed by atoms with Crippen LogP contribution in [0.2, 0.25) is 10.0 Å². The van der Waals surface area contributed by atoms with Crippen LogP contribution in [-0.4, -0.2) is 7.11 Å². The van der Waals surface area contributed by atoms with E-state index in [-0.39, 0.29) is 0 Å². The van der Waals surface area contributed by atoms with E-state index in [0.29, 0.717) is 50.1 Å². The molecule has 0 heterocycles. The van der Waals surface area contributed by atoms with Crippen molar-refractivity contribution in [3.05, 3.63) is 111 Å². The van der Waals surface area contributed by atoms with Gasteiger partial charge in [-0.15, -0.1) is 0 Å². The lowest BCUT2D eigenvalue weighted by molar-refractivity contribution is 0.378. The number of halogens is 2. The van der Waals surface area contributed by atoms with Crippen LogP contribution in [0.15, 0.2) is 78.9 Å². The molecule has 0 amide bonds. The SMILES string of the molecule is CCC(C)c1ccccc1Oc1ccc(C#N)c(Cl)c1.COc1cc(C)ccc1Oc1ccc(C#N)c(Cl)c1. The van der Waals surface area contributed by atoms with E-state index in [1.54, 1.807) is 43.5 Å². The van der Waals surface area contributed by atoms with Crippen LogP contribution in [0.1, 0.15) is 48.4 Å². The summed E-state index contributed by atoms with van der Waals surface area (Å²) in [4.78, 5) is 0. The Labute approximate surface area is 239 Å². The van der Waals surface area contributed by atoms with Crippen molar-refractivity contribution < 1.29 is 14.2 Å². The van der Waals surface area contributed by atoms with Gasteiger partial charge in [0.1, 0.15) is 29.4 Å². The molecule has 0 radical (unpaired) electrons. The number of ether oxygens (including phenoxy) is 3. The molecule has 198 valence electrons. The Kier molecular flexibility index (Phi) is 10.6. The Morgan fingerprint density at radius 1 is 0.744 bits per heavy atom. The van der Waals surface area contributed by atoms with Crippen LogP contribution < -0.4 is 14.2 Å². The molecule has 0 spiro atoms. The van der Waals surface area contributed by atoms with E-state index in [9.17, 15) is 0 Å². The third kappa shape index (κ3) is 7.91. The van der Waals surface area contributed by atoms with Crippen molar-refractivity contribution in [2.24, 2.45) is 0 Å². The molecule has 1 atom stereocenters. The Morgan fingerprint density at radius 3 is 1.82 bits per heavy atom. The number of benzene rings is 4. The molecule has 0 aliphatic carbocycles. The number of hydrogen-bond acceptors (Lipinski definition) is 5. The van der Waals surface area contributed by atoms with E-state index in [4.69, 9.17) is 47.9 Å². The molecule has 39 heavy (non-hydrogen) atoms. The Balaban J connectivity index is 0.000000216. The minimum Gasteiger partial charge on any atom is -0.493 e. The van der Waals surface area contributed by atoms with Crippen molar-refractivity contribution in [1.82, 2.24) is 0 Å². The largest absolute Gasteiger partial charge is 0.493 e. The van der Waals surface area contributed by atoms with Crippen LogP contribution in [-0.2, 0) is 0 Å². The number of nitriles is 2. The molecule has 0 fully saturated rings. The average molecular weight is 559 g/mol. The number of hydrogen-bond donors (Lipinski definition) is 0. The molecule has 0 aliphatic heterocycles. The lowest BCUT2D eigenvalue weighted by Gasteiger charge is -2.15. The van der Waals surface area contributed by atoms with E-state index in [0.717, 1.165) is 17.7 Å². The molecule has 0 saturated carbocycles. The second kappa shape index (κ2) is 14.1. The smallest absolute Gasteiger partial charge is 0.169 e. The van der Waals surface area contributed by atoms with E-state index in [1.165, 1.54) is 5.56 Å². The van der Waals surface area contributed by atoms with Gasteiger partial charge in [-0.3, -0.25) is 0 Å². The molecule has 0 saturated heterocycles. The molecular weight excluding hydrogens is 531 g/mol. The average Bonchev–Trinajstić information content (AvgIpc) is 2.94. The van der Waals surface area contributed by atoms with Gasteiger partial charge in [0.15, 0.2) is 11.5 Å². The van der Waals surface area contributed by atoms with Gasteiger partial charge in [-0.25, -0.2) is 0 Å². The summed E-state index contributed by atoms with van der Waals surface area (Å²) in [6.45, 7) is 6.30. The highest BCUT2D eigenvalue weighted by Crippen LogP contribution is 2.34. The van der Waals surface area contributed by atoms with Crippen LogP contribution in [0, 0.1) is 29.6 Å². The maximum Gasteiger partial charge on any atom is 0.169 e. The van der Waals surface area contributed by atoms with E-state index < -0.39 is 0 Å². The standard InChI is InChI=1S/C17H16ClNO.C15H12ClNO2/c1-3-12(2)15-6-4-5-7-17(15)20-14-9-8-13(11-19)16(18)10-14;1-10-3-6-14(15(7-10)18-2)19-12-5-4-11(9-17)13(16)8-12/h4-10,12H,3H2,1-2H3;3-8H,1-2H3. The normalized spacial score (nSPS) is 10.8. The van der Waals surface area contributed by atoms with E-state index in [2.05, 4.69) is 19.9 Å². The van der Waals surface area contributed by atoms with Crippen LogP contribution in [0.25, 0.3) is 0 Å². The number of aryl methyl sites for hydroxylation is 1. The maximum absolute atomic E-state index is 8.87. The molecule has 0 bridgehead atoms. The zero-order chi connectivity index (χ0) is 28.4. The molecule has 4 rings (SSSR count). The summed E-state index contributed by atoms with van der Waals surface area (Å²) in [5, 5.41) is 18.5. The lowest BCUT2D eigenvalue weighted by atomic mass is 9.98. The first-order chi connectivity index (χ1) is 18.8. The second-order valence-corrected chi connectivity index (χ2v) is 9.53. The zero-order valence-corrected chi connectivity index (χ0v) is 23.7. The van der Waals surface area contributed by atoms with Crippen molar-refractivity contribution in [2.75, 3.05) is 7.11 Å². The van der Waals surface area contributed by atoms with Gasteiger partial charge in [-0.2, -0.15) is 10.5 Å². The van der Waals surface area contributed by atoms with Crippen molar-refractivity contribution in [2.45, 2.75) is 33.1 Å². The van der Waals surface area contributed by atoms with Crippen LogP contribution in [0.4, 0.5) is 0 Å². The molecule has 5 nitrogen and oxygen atoms in total. The predicted molar refractivity (Wildman–Crippen MR) is 155 cm³/mol. The number of nitrogens with zero attached hydrogens (tertiary/aromatic N) is 2. The van der Waals surface area contributed by atoms with E-state index in [1.807, 2.05) is 55.5 Å². The fourth-order valence-corrected chi connectivity index (χ4v) is 4.04. The van der Waals surface area contributed by atoms with Crippen molar-refractivity contribution in [3.63, 3.8) is 0 Å². The van der Waals surface area contributed by atoms with Gasteiger partial charge in [0.2, 0.25) is 0 Å². The summed E-state index contributed by atoms with van der Waals surface area (Å²) in [5.41, 5.74) is 3.14. The molecular formula is C32H28Cl2N2O3. The van der Waals surface area contributed by atoms with E-state index >= 15 is 0 Å². The second-order valence-electron chi connectivity index (χ2n) is 8.71. The van der Waals surface area contributed by atoms with Gasteiger partial charge < -0.3 is 14.2 Å². The zero-order valence-electron chi connectivity index (χ0n) is 22.2. The highest BCUT2D eigenvalue weighted by molar-refractivity contribution is 6.32. The highest BCUT2D eigenvalue weighted by Gasteiger charge is 2.11. The summed E-state index contributed by atoms with van der Waals surface area (Å²) < 4.78 is 16.9. The fourth-order valence-electron chi connectivity index (χ4n) is 3.61. The number of rotatable bonds is 7. The molecule has 7 heteroatoms. The maximum atomic E-state index is 8.87. The number of methoxy groups -OCH3 is 1. The monoisotopic (exact) mass is 558 g/mol. The first-order valence-electron chi connectivity index (χ1n) is 12.3. The van der Waals surface area contributed by atoms with Crippen LogP contribution in [0.3, 0.4) is 0 Å². The predicted octanol–water partition coefficient (Wildman–Crippen LogP) is 9.84. The summed E-state index contributed by atoms with van der Waals surface area (Å²) >= 11 is 12.0. The van der Waals surface area contributed by atoms with Crippen molar-refractivity contribution >= 4 is 23.2 Å². The molecule has 1 unspecified atom stereocenters. The van der Waals surface area contributed by atoms with Gasteiger partial charge >= 0.3 is 0 Å². The molecule has 0 N–H and O–H groups in total. The first kappa shape index (κ1) is 29.4. The van der Waals surface area contributed by atoms with Gasteiger partial charge in [0, 0.05) is 12.1 Å². The minimum absolute atomic E-state index is 0.367. The van der Waals surface area contributed by atoms with Gasteiger partial charge in [0.25, 0.3) is 0 Å². The Hall–Kier alpha value is -4.16. The molecule has 4 aromatic rings. The topological polar surface area (TPSA) is 75.3 Å². The van der Waals surface area contributed by atoms with Crippen molar-refractivity contribution in [3.8, 4) is 40.9 Å². The Morgan fingerprint density at radius 2 is 1.31 bits per heavy atom. The quantitative estimate of drug-likeness (QED) is 0.225. The third-order valence-electron chi connectivity index (χ3n) is 5.96. The number of para-hydroxylation sites is 1. The third-order valence-corrected chi connectivity index (χ3v) is 6.58. The molecule has 4 aromatic carbocycles. The molecule has 0 aliphatic rings. The lowest BCUT2D eigenvalue weighted by Crippen LogP contribution is -1.96.